The lowest BCUT2D eigenvalue weighted by molar-refractivity contribution is -0.137. The van der Waals surface area contributed by atoms with Crippen molar-refractivity contribution < 1.29 is 9.59 Å². The Kier molecular flexibility index (Phi) is 6.21. The minimum Gasteiger partial charge on any atom is -0.355 e. The van der Waals surface area contributed by atoms with Crippen LogP contribution in [0.3, 0.4) is 0 Å². The second kappa shape index (κ2) is 8.15. The number of amides is 2. The normalized spacial score (nSPS) is 15.6. The Hall–Kier alpha value is -1.59. The van der Waals surface area contributed by atoms with Gasteiger partial charge in [0.25, 0.3) is 0 Å². The van der Waals surface area contributed by atoms with Gasteiger partial charge in [0, 0.05) is 37.7 Å². The fourth-order valence-electron chi connectivity index (χ4n) is 2.36. The molecule has 1 aromatic rings. The number of carbonyl (C=O) groups excluding carboxylic acids is 2. The predicted molar refractivity (Wildman–Crippen MR) is 86.9 cm³/mol. The molecule has 1 N–H and O–H groups in total. The van der Waals surface area contributed by atoms with Crippen LogP contribution in [-0.2, 0) is 16.0 Å². The van der Waals surface area contributed by atoms with E-state index >= 15 is 0 Å². The van der Waals surface area contributed by atoms with Gasteiger partial charge in [-0.05, 0) is 31.2 Å². The number of hydrogen-bond acceptors (Lipinski definition) is 3. The Balaban J connectivity index is 1.67. The van der Waals surface area contributed by atoms with E-state index in [-0.39, 0.29) is 18.2 Å². The Labute approximate surface area is 136 Å². The molecule has 0 bridgehead atoms. The third kappa shape index (κ3) is 5.31. The first-order chi connectivity index (χ1) is 10.5. The van der Waals surface area contributed by atoms with E-state index in [1.54, 1.807) is 4.90 Å². The first-order valence-electron chi connectivity index (χ1n) is 7.52. The van der Waals surface area contributed by atoms with Crippen LogP contribution in [0.1, 0.15) is 12.0 Å². The van der Waals surface area contributed by atoms with Crippen molar-refractivity contribution >= 4 is 23.4 Å². The van der Waals surface area contributed by atoms with Gasteiger partial charge < -0.3 is 15.1 Å². The molecule has 1 heterocycles. The van der Waals surface area contributed by atoms with E-state index in [1.807, 2.05) is 31.3 Å². The summed E-state index contributed by atoms with van der Waals surface area (Å²) in [4.78, 5) is 27.8. The average molecular weight is 324 g/mol. The third-order valence-electron chi connectivity index (χ3n) is 3.82. The van der Waals surface area contributed by atoms with Crippen LogP contribution in [-0.4, -0.2) is 61.4 Å². The van der Waals surface area contributed by atoms with E-state index in [1.165, 1.54) is 0 Å². The zero-order valence-electron chi connectivity index (χ0n) is 12.8. The molecule has 2 rings (SSSR count). The lowest BCUT2D eigenvalue weighted by atomic mass is 10.1. The topological polar surface area (TPSA) is 52.7 Å². The van der Waals surface area contributed by atoms with E-state index < -0.39 is 0 Å². The molecule has 0 saturated carbocycles. The van der Waals surface area contributed by atoms with E-state index in [9.17, 15) is 9.59 Å². The van der Waals surface area contributed by atoms with E-state index in [0.717, 1.165) is 25.1 Å². The number of nitrogens with one attached hydrogen (secondary N) is 1. The summed E-state index contributed by atoms with van der Waals surface area (Å²) < 4.78 is 0. The molecule has 0 atom stereocenters. The van der Waals surface area contributed by atoms with E-state index in [2.05, 4.69) is 10.2 Å². The molecular weight excluding hydrogens is 302 g/mol. The van der Waals surface area contributed by atoms with Crippen LogP contribution in [0.2, 0.25) is 5.02 Å². The Morgan fingerprint density at radius 1 is 1.14 bits per heavy atom. The van der Waals surface area contributed by atoms with Gasteiger partial charge in [0.2, 0.25) is 11.8 Å². The molecule has 1 fully saturated rings. The summed E-state index contributed by atoms with van der Waals surface area (Å²) in [5.41, 5.74) is 1.11. The second-order valence-electron chi connectivity index (χ2n) is 5.59. The van der Waals surface area contributed by atoms with Crippen LogP contribution < -0.4 is 5.32 Å². The van der Waals surface area contributed by atoms with Crippen molar-refractivity contribution in [1.29, 1.82) is 0 Å². The third-order valence-corrected chi connectivity index (χ3v) is 4.07. The fraction of sp³-hybridized carbons (Fsp3) is 0.500. The number of likely N-dealkylation sites (N-methyl/N-ethyl adjacent to an activating group) is 1. The van der Waals surface area contributed by atoms with Gasteiger partial charge in [-0.15, -0.1) is 0 Å². The highest BCUT2D eigenvalue weighted by atomic mass is 35.5. The van der Waals surface area contributed by atoms with E-state index in [4.69, 9.17) is 11.6 Å². The van der Waals surface area contributed by atoms with Crippen LogP contribution in [0.25, 0.3) is 0 Å². The SMILES string of the molecule is CN1CCN(C(=O)CC(=O)NCCc2ccc(Cl)cc2)CC1. The fourth-order valence-corrected chi connectivity index (χ4v) is 2.49. The molecule has 0 spiro atoms. The molecule has 1 aromatic carbocycles. The molecule has 1 aliphatic heterocycles. The van der Waals surface area contributed by atoms with Gasteiger partial charge in [-0.25, -0.2) is 0 Å². The summed E-state index contributed by atoms with van der Waals surface area (Å²) in [6.45, 7) is 3.66. The number of hydrogen-bond donors (Lipinski definition) is 1. The number of rotatable bonds is 5. The van der Waals surface area contributed by atoms with Crippen molar-refractivity contribution in [3.63, 3.8) is 0 Å². The van der Waals surface area contributed by atoms with Crippen LogP contribution in [0, 0.1) is 0 Å². The minimum absolute atomic E-state index is 0.0651. The van der Waals surface area contributed by atoms with Crippen molar-refractivity contribution in [3.8, 4) is 0 Å². The molecule has 120 valence electrons. The maximum absolute atomic E-state index is 12.0. The maximum atomic E-state index is 12.0. The van der Waals surface area contributed by atoms with Gasteiger partial charge in [0.05, 0.1) is 0 Å². The molecule has 1 aliphatic rings. The summed E-state index contributed by atoms with van der Waals surface area (Å²) in [5.74, 6) is -0.296. The maximum Gasteiger partial charge on any atom is 0.232 e. The van der Waals surface area contributed by atoms with Gasteiger partial charge in [-0.1, -0.05) is 23.7 Å². The quantitative estimate of drug-likeness (QED) is 0.827. The van der Waals surface area contributed by atoms with Crippen LogP contribution in [0.15, 0.2) is 24.3 Å². The summed E-state index contributed by atoms with van der Waals surface area (Å²) in [5, 5.41) is 3.49. The van der Waals surface area contributed by atoms with Gasteiger partial charge in [0.15, 0.2) is 0 Å². The largest absolute Gasteiger partial charge is 0.355 e. The molecule has 1 saturated heterocycles. The molecule has 5 nitrogen and oxygen atoms in total. The van der Waals surface area contributed by atoms with E-state index in [0.29, 0.717) is 24.7 Å². The summed E-state index contributed by atoms with van der Waals surface area (Å²) in [6.07, 6.45) is 0.663. The monoisotopic (exact) mass is 323 g/mol. The molecule has 0 unspecified atom stereocenters. The lowest BCUT2D eigenvalue weighted by Gasteiger charge is -2.32. The summed E-state index contributed by atoms with van der Waals surface area (Å²) in [7, 11) is 2.03. The second-order valence-corrected chi connectivity index (χ2v) is 6.02. The highest BCUT2D eigenvalue weighted by molar-refractivity contribution is 6.30. The van der Waals surface area contributed by atoms with Crippen molar-refractivity contribution in [2.45, 2.75) is 12.8 Å². The summed E-state index contributed by atoms with van der Waals surface area (Å²) in [6, 6.07) is 7.53. The van der Waals surface area contributed by atoms with Crippen LogP contribution >= 0.6 is 11.6 Å². The van der Waals surface area contributed by atoms with Crippen LogP contribution in [0.4, 0.5) is 0 Å². The number of carbonyl (C=O) groups is 2. The lowest BCUT2D eigenvalue weighted by Crippen LogP contribution is -2.48. The molecule has 22 heavy (non-hydrogen) atoms. The molecule has 0 aliphatic carbocycles. The molecule has 6 heteroatoms. The smallest absolute Gasteiger partial charge is 0.232 e. The minimum atomic E-state index is -0.210. The standard InChI is InChI=1S/C16H22ClN3O2/c1-19-8-10-20(11-9-19)16(22)12-15(21)18-7-6-13-2-4-14(17)5-3-13/h2-5H,6-12H2,1H3,(H,18,21). The summed E-state index contributed by atoms with van der Waals surface area (Å²) >= 11 is 5.82. The highest BCUT2D eigenvalue weighted by Crippen LogP contribution is 2.09. The number of piperazine rings is 1. The average Bonchev–Trinajstić information content (AvgIpc) is 2.50. The molecule has 2 amide bonds. The Bertz CT molecular complexity index is 511. The molecule has 0 radical (unpaired) electrons. The van der Waals surface area contributed by atoms with Gasteiger partial charge in [0.1, 0.15) is 6.42 Å². The van der Waals surface area contributed by atoms with Crippen molar-refractivity contribution in [2.75, 3.05) is 39.8 Å². The first-order valence-corrected chi connectivity index (χ1v) is 7.90. The molecule has 0 aromatic heterocycles. The first kappa shape index (κ1) is 16.8. The Morgan fingerprint density at radius 3 is 2.41 bits per heavy atom. The number of halogens is 1. The van der Waals surface area contributed by atoms with Gasteiger partial charge in [-0.3, -0.25) is 9.59 Å². The highest BCUT2D eigenvalue weighted by Gasteiger charge is 2.20. The van der Waals surface area contributed by atoms with Crippen molar-refractivity contribution in [2.24, 2.45) is 0 Å². The zero-order chi connectivity index (χ0) is 15.9. The van der Waals surface area contributed by atoms with Gasteiger partial charge >= 0.3 is 0 Å². The number of benzene rings is 1. The van der Waals surface area contributed by atoms with Gasteiger partial charge in [-0.2, -0.15) is 0 Å². The molecular formula is C16H22ClN3O2. The van der Waals surface area contributed by atoms with Crippen LogP contribution in [0.5, 0.6) is 0 Å². The number of nitrogens with zero attached hydrogens (tertiary/aromatic N) is 2. The van der Waals surface area contributed by atoms with Crippen molar-refractivity contribution in [1.82, 2.24) is 15.1 Å². The van der Waals surface area contributed by atoms with Crippen molar-refractivity contribution in [3.05, 3.63) is 34.9 Å². The predicted octanol–water partition coefficient (Wildman–Crippen LogP) is 1.16. The Morgan fingerprint density at radius 2 is 1.77 bits per heavy atom. The zero-order valence-corrected chi connectivity index (χ0v) is 13.6.